The van der Waals surface area contributed by atoms with E-state index in [9.17, 15) is 14.7 Å². The van der Waals surface area contributed by atoms with E-state index < -0.39 is 11.9 Å². The zero-order valence-electron chi connectivity index (χ0n) is 10.8. The van der Waals surface area contributed by atoms with Crippen molar-refractivity contribution >= 4 is 33.3 Å². The highest BCUT2D eigenvalue weighted by Crippen LogP contribution is 2.31. The van der Waals surface area contributed by atoms with Gasteiger partial charge in [-0.3, -0.25) is 9.48 Å². The summed E-state index contributed by atoms with van der Waals surface area (Å²) in [7, 11) is 0. The fourth-order valence-electron chi connectivity index (χ4n) is 2.17. The lowest BCUT2D eigenvalue weighted by atomic mass is 10.1. The number of carboxylic acids is 1. The first kappa shape index (κ1) is 13.3. The molecule has 3 aromatic rings. The second kappa shape index (κ2) is 5.02. The number of hydrogen-bond acceptors (Lipinski definition) is 4. The number of nitrogens with zero attached hydrogens (tertiary/aromatic N) is 2. The van der Waals surface area contributed by atoms with Crippen molar-refractivity contribution in [3.63, 3.8) is 0 Å². The molecule has 1 amide bonds. The third kappa shape index (κ3) is 2.38. The standard InChI is InChI=1S/C14H11N3O3S/c15-13(18)10-5-6-17(16-10)7-9-8-3-1-2-4-11(8)21-12(9)14(19)20/h1-6H,7H2,(H2,15,18)(H,19,20). The minimum Gasteiger partial charge on any atom is -0.477 e. The van der Waals surface area contributed by atoms with Gasteiger partial charge in [-0.25, -0.2) is 4.79 Å². The number of nitrogens with two attached hydrogens (primary N) is 1. The maximum Gasteiger partial charge on any atom is 0.346 e. The summed E-state index contributed by atoms with van der Waals surface area (Å²) in [4.78, 5) is 22.7. The summed E-state index contributed by atoms with van der Waals surface area (Å²) >= 11 is 1.23. The predicted octanol–water partition coefficient (Wildman–Crippen LogP) is 1.94. The Hall–Kier alpha value is -2.67. The van der Waals surface area contributed by atoms with E-state index in [1.807, 2.05) is 24.3 Å². The maximum absolute atomic E-state index is 11.4. The summed E-state index contributed by atoms with van der Waals surface area (Å²) in [5.41, 5.74) is 6.00. The molecule has 0 saturated carbocycles. The smallest absolute Gasteiger partial charge is 0.346 e. The molecular weight excluding hydrogens is 290 g/mol. The quantitative estimate of drug-likeness (QED) is 0.769. The fraction of sp³-hybridized carbons (Fsp3) is 0.0714. The summed E-state index contributed by atoms with van der Waals surface area (Å²) in [6.45, 7) is 0.277. The number of carbonyl (C=O) groups is 2. The molecule has 7 heteroatoms. The van der Waals surface area contributed by atoms with Gasteiger partial charge >= 0.3 is 5.97 Å². The molecule has 0 bridgehead atoms. The Bertz CT molecular complexity index is 850. The molecule has 21 heavy (non-hydrogen) atoms. The van der Waals surface area contributed by atoms with Crippen LogP contribution in [0.5, 0.6) is 0 Å². The number of thiophene rings is 1. The van der Waals surface area contributed by atoms with Crippen LogP contribution < -0.4 is 5.73 Å². The SMILES string of the molecule is NC(=O)c1ccn(Cc2c(C(=O)O)sc3ccccc23)n1. The van der Waals surface area contributed by atoms with E-state index in [1.54, 1.807) is 6.20 Å². The van der Waals surface area contributed by atoms with Crippen molar-refractivity contribution in [2.45, 2.75) is 6.54 Å². The van der Waals surface area contributed by atoms with Gasteiger partial charge in [0.1, 0.15) is 10.6 Å². The fourth-order valence-corrected chi connectivity index (χ4v) is 3.22. The third-order valence-electron chi connectivity index (χ3n) is 3.11. The number of fused-ring (bicyclic) bond motifs is 1. The molecule has 2 aromatic heterocycles. The van der Waals surface area contributed by atoms with Crippen molar-refractivity contribution in [1.29, 1.82) is 0 Å². The van der Waals surface area contributed by atoms with E-state index in [0.29, 0.717) is 5.56 Å². The van der Waals surface area contributed by atoms with Crippen LogP contribution in [0.1, 0.15) is 25.7 Å². The van der Waals surface area contributed by atoms with Gasteiger partial charge in [0, 0.05) is 16.5 Å². The van der Waals surface area contributed by atoms with Crippen LogP contribution in [0.3, 0.4) is 0 Å². The Morgan fingerprint density at radius 2 is 2.05 bits per heavy atom. The number of hydrogen-bond donors (Lipinski definition) is 2. The van der Waals surface area contributed by atoms with Gasteiger partial charge in [0.25, 0.3) is 5.91 Å². The van der Waals surface area contributed by atoms with Gasteiger partial charge in [0.15, 0.2) is 0 Å². The van der Waals surface area contributed by atoms with E-state index in [0.717, 1.165) is 10.1 Å². The highest BCUT2D eigenvalue weighted by molar-refractivity contribution is 7.21. The first-order valence-corrected chi connectivity index (χ1v) is 6.95. The van der Waals surface area contributed by atoms with E-state index in [4.69, 9.17) is 5.73 Å². The van der Waals surface area contributed by atoms with Gasteiger partial charge in [0.2, 0.25) is 0 Å². The van der Waals surface area contributed by atoms with Crippen LogP contribution in [0.4, 0.5) is 0 Å². The number of carbonyl (C=O) groups excluding carboxylic acids is 1. The molecule has 0 aliphatic heterocycles. The number of primary amides is 1. The van der Waals surface area contributed by atoms with Crippen molar-refractivity contribution < 1.29 is 14.7 Å². The molecule has 2 heterocycles. The second-order valence-corrected chi connectivity index (χ2v) is 5.53. The monoisotopic (exact) mass is 301 g/mol. The molecule has 0 atom stereocenters. The highest BCUT2D eigenvalue weighted by Gasteiger charge is 2.18. The van der Waals surface area contributed by atoms with Gasteiger partial charge in [0.05, 0.1) is 6.54 Å². The van der Waals surface area contributed by atoms with E-state index in [1.165, 1.54) is 22.1 Å². The van der Waals surface area contributed by atoms with Crippen molar-refractivity contribution in [3.8, 4) is 0 Å². The molecule has 0 fully saturated rings. The van der Waals surface area contributed by atoms with Crippen molar-refractivity contribution in [3.05, 3.63) is 52.7 Å². The van der Waals surface area contributed by atoms with Crippen molar-refractivity contribution in [1.82, 2.24) is 9.78 Å². The number of benzene rings is 1. The van der Waals surface area contributed by atoms with Crippen molar-refractivity contribution in [2.24, 2.45) is 5.73 Å². The molecule has 0 aliphatic carbocycles. The minimum atomic E-state index is -0.964. The maximum atomic E-state index is 11.4. The lowest BCUT2D eigenvalue weighted by Gasteiger charge is -2.02. The Labute approximate surface area is 123 Å². The molecule has 0 unspecified atom stereocenters. The molecular formula is C14H11N3O3S. The van der Waals surface area contributed by atoms with Gasteiger partial charge in [-0.05, 0) is 17.5 Å². The number of aromatic carboxylic acids is 1. The summed E-state index contributed by atoms with van der Waals surface area (Å²) in [5, 5.41) is 14.3. The van der Waals surface area contributed by atoms with E-state index in [2.05, 4.69) is 5.10 Å². The lowest BCUT2D eigenvalue weighted by Crippen LogP contribution is -2.13. The molecule has 0 radical (unpaired) electrons. The second-order valence-electron chi connectivity index (χ2n) is 4.47. The van der Waals surface area contributed by atoms with E-state index >= 15 is 0 Å². The van der Waals surface area contributed by atoms with Crippen LogP contribution in [-0.2, 0) is 6.54 Å². The van der Waals surface area contributed by atoms with Crippen LogP contribution in [0, 0.1) is 0 Å². The lowest BCUT2D eigenvalue weighted by molar-refractivity contribution is 0.0700. The first-order valence-electron chi connectivity index (χ1n) is 6.13. The number of aromatic nitrogens is 2. The van der Waals surface area contributed by atoms with Crippen LogP contribution in [0.25, 0.3) is 10.1 Å². The zero-order valence-corrected chi connectivity index (χ0v) is 11.6. The van der Waals surface area contributed by atoms with Gasteiger partial charge in [-0.15, -0.1) is 11.3 Å². The van der Waals surface area contributed by atoms with E-state index in [-0.39, 0.29) is 17.1 Å². The molecule has 1 aromatic carbocycles. The van der Waals surface area contributed by atoms with Crippen molar-refractivity contribution in [2.75, 3.05) is 0 Å². The Morgan fingerprint density at radius 1 is 1.29 bits per heavy atom. The van der Waals surface area contributed by atoms with Crippen LogP contribution >= 0.6 is 11.3 Å². The zero-order chi connectivity index (χ0) is 15.0. The average Bonchev–Trinajstić information content (AvgIpc) is 3.05. The molecule has 3 rings (SSSR count). The molecule has 0 spiro atoms. The molecule has 0 aliphatic rings. The summed E-state index contributed by atoms with van der Waals surface area (Å²) in [5.74, 6) is -1.57. The summed E-state index contributed by atoms with van der Waals surface area (Å²) in [6.07, 6.45) is 1.61. The van der Waals surface area contributed by atoms with Gasteiger partial charge in [-0.1, -0.05) is 18.2 Å². The third-order valence-corrected chi connectivity index (χ3v) is 4.31. The Morgan fingerprint density at radius 3 is 2.71 bits per heavy atom. The Kier molecular flexibility index (Phi) is 3.19. The Balaban J connectivity index is 2.07. The number of rotatable bonds is 4. The average molecular weight is 301 g/mol. The molecule has 0 saturated heterocycles. The molecule has 6 nitrogen and oxygen atoms in total. The van der Waals surface area contributed by atoms with Gasteiger partial charge < -0.3 is 10.8 Å². The first-order chi connectivity index (χ1) is 10.1. The van der Waals surface area contributed by atoms with Crippen LogP contribution in [0.15, 0.2) is 36.5 Å². The number of carboxylic acid groups (broad SMARTS) is 1. The largest absolute Gasteiger partial charge is 0.477 e. The molecule has 106 valence electrons. The van der Waals surface area contributed by atoms with Gasteiger partial charge in [-0.2, -0.15) is 5.10 Å². The minimum absolute atomic E-state index is 0.159. The summed E-state index contributed by atoms with van der Waals surface area (Å²) in [6, 6.07) is 9.01. The predicted molar refractivity (Wildman–Crippen MR) is 78.6 cm³/mol. The highest BCUT2D eigenvalue weighted by atomic mass is 32.1. The van der Waals surface area contributed by atoms with Crippen LogP contribution in [-0.4, -0.2) is 26.8 Å². The number of amides is 1. The molecule has 3 N–H and O–H groups in total. The van der Waals surface area contributed by atoms with Crippen LogP contribution in [0.2, 0.25) is 0 Å². The summed E-state index contributed by atoms with van der Waals surface area (Å²) < 4.78 is 2.42. The normalized spacial score (nSPS) is 10.9. The topological polar surface area (TPSA) is 98.2 Å².